The Labute approximate surface area is 131 Å². The summed E-state index contributed by atoms with van der Waals surface area (Å²) in [4.78, 5) is 2.36. The van der Waals surface area contributed by atoms with Crippen LogP contribution >= 0.6 is 0 Å². The third-order valence-electron chi connectivity index (χ3n) is 5.60. The van der Waals surface area contributed by atoms with Crippen molar-refractivity contribution in [1.29, 1.82) is 0 Å². The summed E-state index contributed by atoms with van der Waals surface area (Å²) in [5.74, 6) is 3.52. The third-order valence-corrected chi connectivity index (χ3v) is 11.9. The van der Waals surface area contributed by atoms with Gasteiger partial charge in [0.15, 0.2) is 0 Å². The standard InChI is InChI=1S/C16H31BNO2Si/c1-14(2)21(15(3)4,16(5)6)13-7-8-17-18(9-11-19-17)10-12-20-17/h14-16H,8-12H2,1-6H3/q-1. The summed E-state index contributed by atoms with van der Waals surface area (Å²) in [7, 11) is -1.63. The van der Waals surface area contributed by atoms with Gasteiger partial charge in [-0.25, -0.2) is 0 Å². The van der Waals surface area contributed by atoms with Crippen LogP contribution in [0.15, 0.2) is 0 Å². The molecule has 0 atom stereocenters. The first-order valence-corrected chi connectivity index (χ1v) is 10.8. The molecule has 0 saturated carbocycles. The molecular formula is C16H31BNO2Si-. The molecule has 120 valence electrons. The lowest BCUT2D eigenvalue weighted by Crippen LogP contribution is -2.47. The van der Waals surface area contributed by atoms with E-state index in [0.29, 0.717) is 16.6 Å². The highest BCUT2D eigenvalue weighted by atomic mass is 28.3. The van der Waals surface area contributed by atoms with Gasteiger partial charge in [-0.05, 0) is 36.0 Å². The van der Waals surface area contributed by atoms with Crippen molar-refractivity contribution in [2.75, 3.05) is 26.3 Å². The van der Waals surface area contributed by atoms with Crippen LogP contribution in [0.5, 0.6) is 0 Å². The molecule has 0 bridgehead atoms. The number of nitrogens with zero attached hydrogens (tertiary/aromatic N) is 1. The number of rotatable bonds is 4. The highest BCUT2D eigenvalue weighted by molar-refractivity contribution is 6.90. The quantitative estimate of drug-likeness (QED) is 0.586. The van der Waals surface area contributed by atoms with Crippen LogP contribution in [0.2, 0.25) is 22.9 Å². The van der Waals surface area contributed by atoms with Crippen molar-refractivity contribution in [3.63, 3.8) is 0 Å². The average molecular weight is 308 g/mol. The maximum absolute atomic E-state index is 5.94. The SMILES string of the molecule is CC(C)[Si](C#CC[B-]12OCCN1CCO2)(C(C)C)C(C)C. The van der Waals surface area contributed by atoms with Gasteiger partial charge in [-0.15, -0.1) is 11.5 Å². The lowest BCUT2D eigenvalue weighted by molar-refractivity contribution is 0.223. The van der Waals surface area contributed by atoms with E-state index in [1.165, 1.54) is 0 Å². The molecule has 2 rings (SSSR count). The van der Waals surface area contributed by atoms with Crippen molar-refractivity contribution in [3.05, 3.63) is 0 Å². The van der Waals surface area contributed by atoms with Crippen molar-refractivity contribution < 1.29 is 9.31 Å². The fourth-order valence-electron chi connectivity index (χ4n) is 4.49. The minimum absolute atomic E-state index is 0.681. The molecule has 0 aromatic rings. The van der Waals surface area contributed by atoms with Crippen LogP contribution in [0.4, 0.5) is 0 Å². The van der Waals surface area contributed by atoms with E-state index in [-0.39, 0.29) is 0 Å². The molecule has 0 radical (unpaired) electrons. The van der Waals surface area contributed by atoms with Crippen LogP contribution in [-0.2, 0) is 9.31 Å². The zero-order chi connectivity index (χ0) is 15.7. The van der Waals surface area contributed by atoms with Gasteiger partial charge in [0, 0.05) is 13.2 Å². The monoisotopic (exact) mass is 308 g/mol. The van der Waals surface area contributed by atoms with Gasteiger partial charge in [0.25, 0.3) is 0 Å². The lowest BCUT2D eigenvalue weighted by atomic mass is 9.68. The maximum Gasteiger partial charge on any atom is 0.329 e. The Bertz CT molecular complexity index is 396. The fourth-order valence-corrected chi connectivity index (χ4v) is 9.76. The van der Waals surface area contributed by atoms with E-state index in [0.717, 1.165) is 32.6 Å². The van der Waals surface area contributed by atoms with Gasteiger partial charge < -0.3 is 14.1 Å². The van der Waals surface area contributed by atoms with Crippen LogP contribution in [0, 0.1) is 11.5 Å². The molecule has 2 heterocycles. The first-order chi connectivity index (χ1) is 9.85. The Morgan fingerprint density at radius 3 is 1.86 bits per heavy atom. The van der Waals surface area contributed by atoms with Crippen LogP contribution in [-0.4, -0.2) is 45.9 Å². The molecule has 0 N–H and O–H groups in total. The summed E-state index contributed by atoms with van der Waals surface area (Å²) in [6.45, 7) is 16.5. The van der Waals surface area contributed by atoms with Gasteiger partial charge in [0.05, 0.1) is 0 Å². The van der Waals surface area contributed by atoms with E-state index in [4.69, 9.17) is 9.31 Å². The lowest BCUT2D eigenvalue weighted by Gasteiger charge is -2.39. The molecule has 2 fully saturated rings. The Morgan fingerprint density at radius 2 is 1.43 bits per heavy atom. The molecule has 5 heteroatoms. The molecular weight excluding hydrogens is 277 g/mol. The van der Waals surface area contributed by atoms with E-state index in [2.05, 4.69) is 57.8 Å². The van der Waals surface area contributed by atoms with E-state index in [1.54, 1.807) is 0 Å². The second kappa shape index (κ2) is 6.46. The molecule has 0 aliphatic carbocycles. The largest absolute Gasteiger partial charge is 0.553 e. The molecule has 0 spiro atoms. The van der Waals surface area contributed by atoms with Crippen molar-refractivity contribution in [2.24, 2.45) is 0 Å². The third kappa shape index (κ3) is 2.96. The van der Waals surface area contributed by atoms with E-state index >= 15 is 0 Å². The van der Waals surface area contributed by atoms with Crippen LogP contribution < -0.4 is 0 Å². The number of hydrogen-bond donors (Lipinski definition) is 0. The highest BCUT2D eigenvalue weighted by Crippen LogP contribution is 2.41. The molecule has 0 amide bonds. The normalized spacial score (nSPS) is 22.0. The summed E-state index contributed by atoms with van der Waals surface area (Å²) >= 11 is 0. The van der Waals surface area contributed by atoms with Gasteiger partial charge in [-0.3, -0.25) is 0 Å². The minimum atomic E-state index is -1.63. The van der Waals surface area contributed by atoms with Crippen LogP contribution in [0.3, 0.4) is 0 Å². The van der Waals surface area contributed by atoms with Gasteiger partial charge in [0.2, 0.25) is 0 Å². The zero-order valence-electron chi connectivity index (χ0n) is 14.6. The second-order valence-electron chi connectivity index (χ2n) is 7.50. The molecule has 0 unspecified atom stereocenters. The molecule has 2 saturated heterocycles. The van der Waals surface area contributed by atoms with Crippen molar-refractivity contribution in [1.82, 2.24) is 4.81 Å². The number of hydrogen-bond acceptors (Lipinski definition) is 3. The zero-order valence-corrected chi connectivity index (χ0v) is 15.6. The summed E-state index contributed by atoms with van der Waals surface area (Å²) in [6, 6.07) is 0. The van der Waals surface area contributed by atoms with Crippen molar-refractivity contribution in [3.8, 4) is 11.5 Å². The maximum atomic E-state index is 5.94. The van der Waals surface area contributed by atoms with Gasteiger partial charge in [-0.2, -0.15) is 0 Å². The number of fused-ring (bicyclic) bond motifs is 1. The smallest absolute Gasteiger partial charge is 0.329 e. The fraction of sp³-hybridized carbons (Fsp3) is 0.875. The Morgan fingerprint density at radius 1 is 0.952 bits per heavy atom. The first kappa shape index (κ1) is 17.1. The van der Waals surface area contributed by atoms with Crippen LogP contribution in [0.1, 0.15) is 41.5 Å². The van der Waals surface area contributed by atoms with E-state index < -0.39 is 14.8 Å². The molecule has 21 heavy (non-hydrogen) atoms. The summed E-state index contributed by atoms with van der Waals surface area (Å²) < 4.78 is 11.9. The minimum Gasteiger partial charge on any atom is -0.553 e. The average Bonchev–Trinajstić information content (AvgIpc) is 2.92. The van der Waals surface area contributed by atoms with E-state index in [9.17, 15) is 0 Å². The molecule has 3 nitrogen and oxygen atoms in total. The summed E-state index contributed by atoms with van der Waals surface area (Å²) in [5, 5.41) is 0. The second-order valence-corrected chi connectivity index (χ2v) is 13.1. The van der Waals surface area contributed by atoms with Gasteiger partial charge in [-0.1, -0.05) is 41.5 Å². The molecule has 2 aliphatic heterocycles. The van der Waals surface area contributed by atoms with Crippen LogP contribution in [0.25, 0.3) is 0 Å². The highest BCUT2D eigenvalue weighted by Gasteiger charge is 2.43. The molecule has 0 aromatic heterocycles. The molecule has 2 aliphatic rings. The topological polar surface area (TPSA) is 21.7 Å². The van der Waals surface area contributed by atoms with Gasteiger partial charge >= 0.3 is 6.69 Å². The predicted molar refractivity (Wildman–Crippen MR) is 92.9 cm³/mol. The Hall–Kier alpha value is -0.278. The molecule has 0 aromatic carbocycles. The summed E-state index contributed by atoms with van der Waals surface area (Å²) in [5.41, 5.74) is 5.83. The van der Waals surface area contributed by atoms with Crippen molar-refractivity contribution in [2.45, 2.75) is 64.5 Å². The van der Waals surface area contributed by atoms with E-state index in [1.807, 2.05) is 0 Å². The summed E-state index contributed by atoms with van der Waals surface area (Å²) in [6.07, 6.45) is 0.751. The Balaban J connectivity index is 2.19. The van der Waals surface area contributed by atoms with Gasteiger partial charge in [0.1, 0.15) is 8.07 Å². The Kier molecular flexibility index (Phi) is 5.25. The first-order valence-electron chi connectivity index (χ1n) is 8.53. The van der Waals surface area contributed by atoms with Crippen molar-refractivity contribution >= 4 is 14.8 Å². The predicted octanol–water partition coefficient (Wildman–Crippen LogP) is 3.51.